The van der Waals surface area contributed by atoms with Crippen LogP contribution in [0.4, 0.5) is 0 Å². The molecule has 5 rings (SSSR count). The van der Waals surface area contributed by atoms with Crippen molar-refractivity contribution in [2.75, 3.05) is 14.2 Å². The molecule has 184 valence electrons. The minimum atomic E-state index is -1.07. The highest BCUT2D eigenvalue weighted by Gasteiger charge is 2.48. The maximum absolute atomic E-state index is 14.1. The van der Waals surface area contributed by atoms with E-state index in [1.165, 1.54) is 0 Å². The molecule has 1 fully saturated rings. The Hall–Kier alpha value is -3.48. The molecular weight excluding hydrogens is 442 g/mol. The molecule has 0 saturated heterocycles. The lowest BCUT2D eigenvalue weighted by atomic mass is 9.93. The molecule has 0 radical (unpaired) electrons. The zero-order valence-corrected chi connectivity index (χ0v) is 20.9. The number of rotatable bonds is 6. The highest BCUT2D eigenvalue weighted by Crippen LogP contribution is 2.40. The predicted molar refractivity (Wildman–Crippen MR) is 135 cm³/mol. The summed E-state index contributed by atoms with van der Waals surface area (Å²) in [7, 11) is 3.23. The van der Waals surface area contributed by atoms with Gasteiger partial charge in [-0.05, 0) is 50.5 Å². The van der Waals surface area contributed by atoms with Gasteiger partial charge in [-0.1, -0.05) is 42.7 Å². The molecule has 1 unspecified atom stereocenters. The fourth-order valence-corrected chi connectivity index (χ4v) is 5.49. The molecule has 2 aliphatic rings. The van der Waals surface area contributed by atoms with Gasteiger partial charge in [-0.2, -0.15) is 0 Å². The number of carbonyl (C=O) groups is 2. The van der Waals surface area contributed by atoms with Gasteiger partial charge < -0.3 is 24.3 Å². The van der Waals surface area contributed by atoms with Crippen LogP contribution in [0.5, 0.6) is 11.5 Å². The molecule has 7 heteroatoms. The summed E-state index contributed by atoms with van der Waals surface area (Å²) in [4.78, 5) is 29.6. The van der Waals surface area contributed by atoms with Gasteiger partial charge in [0.25, 0.3) is 5.91 Å². The van der Waals surface area contributed by atoms with E-state index < -0.39 is 5.54 Å². The van der Waals surface area contributed by atoms with Gasteiger partial charge in [0.05, 0.1) is 26.3 Å². The number of hydrogen-bond donors (Lipinski definition) is 1. The average Bonchev–Trinajstić information content (AvgIpc) is 3.50. The van der Waals surface area contributed by atoms with Crippen LogP contribution in [0.2, 0.25) is 0 Å². The summed E-state index contributed by atoms with van der Waals surface area (Å²) in [6, 6.07) is 13.8. The summed E-state index contributed by atoms with van der Waals surface area (Å²) in [5, 5.41) is 4.05. The summed E-state index contributed by atoms with van der Waals surface area (Å²) in [6.45, 7) is 4.59. The number of methoxy groups -OCH3 is 2. The first-order valence-electron chi connectivity index (χ1n) is 12.3. The minimum absolute atomic E-state index is 0.112. The fourth-order valence-electron chi connectivity index (χ4n) is 5.49. The van der Waals surface area contributed by atoms with E-state index >= 15 is 0 Å². The van der Waals surface area contributed by atoms with E-state index in [2.05, 4.69) is 5.32 Å². The minimum Gasteiger partial charge on any atom is -0.496 e. The van der Waals surface area contributed by atoms with Gasteiger partial charge in [-0.15, -0.1) is 0 Å². The number of amides is 2. The molecular formula is C28H33N3O4. The first kappa shape index (κ1) is 23.3. The van der Waals surface area contributed by atoms with Crippen LogP contribution in [0.15, 0.2) is 42.5 Å². The Labute approximate surface area is 206 Å². The third-order valence-corrected chi connectivity index (χ3v) is 7.59. The lowest BCUT2D eigenvalue weighted by Crippen LogP contribution is -2.64. The van der Waals surface area contributed by atoms with Gasteiger partial charge in [0, 0.05) is 18.0 Å². The summed E-state index contributed by atoms with van der Waals surface area (Å²) in [5.41, 5.74) is 2.37. The van der Waals surface area contributed by atoms with E-state index in [1.54, 1.807) is 19.1 Å². The van der Waals surface area contributed by atoms with Crippen LogP contribution in [0.3, 0.4) is 0 Å². The largest absolute Gasteiger partial charge is 0.496 e. The van der Waals surface area contributed by atoms with E-state index in [9.17, 15) is 9.59 Å². The molecule has 0 spiro atoms. The van der Waals surface area contributed by atoms with Crippen LogP contribution in [0, 0.1) is 6.92 Å². The summed E-state index contributed by atoms with van der Waals surface area (Å²) in [6.07, 6.45) is 4.21. The molecule has 35 heavy (non-hydrogen) atoms. The van der Waals surface area contributed by atoms with Gasteiger partial charge in [0.2, 0.25) is 5.91 Å². The predicted octanol–water partition coefficient (Wildman–Crippen LogP) is 4.44. The SMILES string of the molecule is COc1ccc(OC)c2c1cc1n2CC(C)(C(=O)NC2CCCC2)N(Cc2ccc(C)cc2)C1=O. The second-order valence-corrected chi connectivity index (χ2v) is 9.95. The van der Waals surface area contributed by atoms with E-state index in [1.807, 2.05) is 60.9 Å². The average molecular weight is 476 g/mol. The Morgan fingerprint density at radius 2 is 1.71 bits per heavy atom. The van der Waals surface area contributed by atoms with Crippen molar-refractivity contribution >= 4 is 22.7 Å². The lowest BCUT2D eigenvalue weighted by molar-refractivity contribution is -0.133. The molecule has 1 aromatic heterocycles. The van der Waals surface area contributed by atoms with Crippen LogP contribution >= 0.6 is 0 Å². The fraction of sp³-hybridized carbons (Fsp3) is 0.429. The number of ether oxygens (including phenoxy) is 2. The lowest BCUT2D eigenvalue weighted by Gasteiger charge is -2.44. The normalized spacial score (nSPS) is 20.2. The zero-order valence-electron chi connectivity index (χ0n) is 20.9. The van der Waals surface area contributed by atoms with Gasteiger partial charge in [-0.25, -0.2) is 0 Å². The Bertz CT molecular complexity index is 1270. The maximum Gasteiger partial charge on any atom is 0.271 e. The topological polar surface area (TPSA) is 72.8 Å². The Kier molecular flexibility index (Phi) is 5.95. The highest BCUT2D eigenvalue weighted by atomic mass is 16.5. The van der Waals surface area contributed by atoms with Gasteiger partial charge in [-0.3, -0.25) is 9.59 Å². The number of nitrogens with one attached hydrogen (secondary N) is 1. The number of nitrogens with zero attached hydrogens (tertiary/aromatic N) is 2. The second-order valence-electron chi connectivity index (χ2n) is 9.95. The monoisotopic (exact) mass is 475 g/mol. The quantitative estimate of drug-likeness (QED) is 0.572. The molecule has 3 aromatic rings. The molecule has 1 aliphatic carbocycles. The molecule has 1 atom stereocenters. The van der Waals surface area contributed by atoms with E-state index in [-0.39, 0.29) is 17.9 Å². The molecule has 2 aromatic carbocycles. The second kappa shape index (κ2) is 8.95. The molecule has 7 nitrogen and oxygen atoms in total. The first-order valence-corrected chi connectivity index (χ1v) is 12.3. The van der Waals surface area contributed by atoms with Gasteiger partial charge >= 0.3 is 0 Å². The summed E-state index contributed by atoms with van der Waals surface area (Å²) >= 11 is 0. The van der Waals surface area contributed by atoms with Crippen molar-refractivity contribution in [3.63, 3.8) is 0 Å². The zero-order chi connectivity index (χ0) is 24.7. The van der Waals surface area contributed by atoms with Crippen molar-refractivity contribution in [2.45, 2.75) is 64.2 Å². The Balaban J connectivity index is 1.63. The molecule has 2 amide bonds. The number of fused-ring (bicyclic) bond motifs is 3. The molecule has 1 N–H and O–H groups in total. The van der Waals surface area contributed by atoms with Crippen molar-refractivity contribution in [2.24, 2.45) is 0 Å². The van der Waals surface area contributed by atoms with Crippen LogP contribution in [-0.4, -0.2) is 47.1 Å². The molecule has 1 saturated carbocycles. The summed E-state index contributed by atoms with van der Waals surface area (Å²) < 4.78 is 13.2. The molecule has 2 heterocycles. The van der Waals surface area contributed by atoms with Gasteiger partial charge in [0.1, 0.15) is 22.7 Å². The van der Waals surface area contributed by atoms with Crippen LogP contribution in [0.1, 0.15) is 54.2 Å². The Morgan fingerprint density at radius 3 is 2.37 bits per heavy atom. The van der Waals surface area contributed by atoms with E-state index in [0.29, 0.717) is 30.3 Å². The van der Waals surface area contributed by atoms with Crippen molar-refractivity contribution in [1.29, 1.82) is 0 Å². The smallest absolute Gasteiger partial charge is 0.271 e. The number of aromatic nitrogens is 1. The van der Waals surface area contributed by atoms with Crippen molar-refractivity contribution in [1.82, 2.24) is 14.8 Å². The number of hydrogen-bond acceptors (Lipinski definition) is 4. The van der Waals surface area contributed by atoms with Gasteiger partial charge in [0.15, 0.2) is 0 Å². The molecule has 0 bridgehead atoms. The van der Waals surface area contributed by atoms with Crippen LogP contribution in [0.25, 0.3) is 10.9 Å². The van der Waals surface area contributed by atoms with Crippen LogP contribution in [-0.2, 0) is 17.9 Å². The van der Waals surface area contributed by atoms with Crippen LogP contribution < -0.4 is 14.8 Å². The number of aryl methyl sites for hydroxylation is 1. The van der Waals surface area contributed by atoms with Crippen molar-refractivity contribution in [3.8, 4) is 11.5 Å². The third-order valence-electron chi connectivity index (χ3n) is 7.59. The summed E-state index contributed by atoms with van der Waals surface area (Å²) in [5.74, 6) is 1.02. The third kappa shape index (κ3) is 3.93. The highest BCUT2D eigenvalue weighted by molar-refractivity contribution is 6.05. The number of benzene rings is 2. The standard InChI is InChI=1S/C28H33N3O4/c1-18-9-11-19(12-10-18)16-31-26(32)22-15-21-23(34-3)13-14-24(35-4)25(21)30(22)17-28(31,2)27(33)29-20-7-5-6-8-20/h9-15,20H,5-8,16-17H2,1-4H3,(H,29,33). The van der Waals surface area contributed by atoms with E-state index in [4.69, 9.17) is 9.47 Å². The number of carbonyl (C=O) groups excluding carboxylic acids is 2. The Morgan fingerprint density at radius 1 is 1.06 bits per heavy atom. The van der Waals surface area contributed by atoms with Crippen molar-refractivity contribution in [3.05, 3.63) is 59.3 Å². The first-order chi connectivity index (χ1) is 16.9. The maximum atomic E-state index is 14.1. The van der Waals surface area contributed by atoms with Crippen molar-refractivity contribution < 1.29 is 19.1 Å². The van der Waals surface area contributed by atoms with E-state index in [0.717, 1.165) is 47.7 Å². The molecule has 1 aliphatic heterocycles.